The van der Waals surface area contributed by atoms with Gasteiger partial charge in [-0.1, -0.05) is 0 Å². The van der Waals surface area contributed by atoms with Gasteiger partial charge >= 0.3 is 0 Å². The molecule has 0 spiro atoms. The molecule has 1 atom stereocenters. The summed E-state index contributed by atoms with van der Waals surface area (Å²) in [5.74, 6) is -0.0165. The van der Waals surface area contributed by atoms with Crippen molar-refractivity contribution in [1.82, 2.24) is 24.6 Å². The minimum absolute atomic E-state index is 0.0165. The molecule has 1 amide bonds. The van der Waals surface area contributed by atoms with Crippen LogP contribution in [0.4, 0.5) is 0 Å². The summed E-state index contributed by atoms with van der Waals surface area (Å²) in [5.41, 5.74) is 1.92. The Hall–Kier alpha value is -2.32. The highest BCUT2D eigenvalue weighted by molar-refractivity contribution is 5.78. The number of carbonyl (C=O) groups is 1. The molecule has 0 unspecified atom stereocenters. The van der Waals surface area contributed by atoms with Gasteiger partial charge in [-0.3, -0.25) is 19.4 Å². The molecule has 2 N–H and O–H groups in total. The van der Waals surface area contributed by atoms with Crippen molar-refractivity contribution in [2.45, 2.75) is 25.6 Å². The van der Waals surface area contributed by atoms with Gasteiger partial charge in [0.05, 0.1) is 43.2 Å². The molecule has 0 aromatic carbocycles. The fourth-order valence-electron chi connectivity index (χ4n) is 2.45. The highest BCUT2D eigenvalue weighted by Crippen LogP contribution is 2.18. The van der Waals surface area contributed by atoms with Gasteiger partial charge in [0.15, 0.2) is 0 Å². The summed E-state index contributed by atoms with van der Waals surface area (Å²) in [7, 11) is 0. The smallest absolute Gasteiger partial charge is 0.229 e. The molecule has 116 valence electrons. The largest absolute Gasteiger partial charge is 0.393 e. The van der Waals surface area contributed by atoms with Crippen LogP contribution in [0.5, 0.6) is 0 Å². The molecule has 1 aliphatic heterocycles. The first kappa shape index (κ1) is 14.6. The Morgan fingerprint density at radius 2 is 2.23 bits per heavy atom. The molecule has 0 saturated carbocycles. The maximum atomic E-state index is 12.3. The monoisotopic (exact) mass is 303 g/mol. The van der Waals surface area contributed by atoms with Gasteiger partial charge in [0.2, 0.25) is 5.91 Å². The van der Waals surface area contributed by atoms with Crippen LogP contribution in [0.1, 0.15) is 23.2 Å². The van der Waals surface area contributed by atoms with E-state index in [9.17, 15) is 9.90 Å². The first-order chi connectivity index (χ1) is 10.7. The second kappa shape index (κ2) is 6.20. The van der Waals surface area contributed by atoms with E-state index in [1.807, 2.05) is 0 Å². The molecule has 8 nitrogen and oxygen atoms in total. The predicted molar refractivity (Wildman–Crippen MR) is 75.4 cm³/mol. The maximum Gasteiger partial charge on any atom is 0.229 e. The van der Waals surface area contributed by atoms with Crippen LogP contribution in [0.2, 0.25) is 0 Å². The van der Waals surface area contributed by atoms with E-state index in [1.54, 1.807) is 34.2 Å². The van der Waals surface area contributed by atoms with Crippen LogP contribution in [0.3, 0.4) is 0 Å². The van der Waals surface area contributed by atoms with Crippen LogP contribution in [0.15, 0.2) is 24.7 Å². The molecule has 2 aromatic heterocycles. The van der Waals surface area contributed by atoms with E-state index in [1.165, 1.54) is 0 Å². The van der Waals surface area contributed by atoms with Crippen molar-refractivity contribution < 1.29 is 15.0 Å². The molecular formula is C14H17N5O3. The number of hydrogen-bond donors (Lipinski definition) is 2. The lowest BCUT2D eigenvalue weighted by atomic mass is 10.2. The van der Waals surface area contributed by atoms with Crippen LogP contribution in [0.25, 0.3) is 0 Å². The van der Waals surface area contributed by atoms with Crippen molar-refractivity contribution in [3.63, 3.8) is 0 Å². The molecule has 3 rings (SSSR count). The van der Waals surface area contributed by atoms with E-state index in [4.69, 9.17) is 5.11 Å². The van der Waals surface area contributed by atoms with E-state index in [-0.39, 0.29) is 18.9 Å². The average molecular weight is 303 g/mol. The topological polar surface area (TPSA) is 104 Å². The minimum atomic E-state index is -0.984. The van der Waals surface area contributed by atoms with Crippen molar-refractivity contribution in [2.75, 3.05) is 13.2 Å². The fraction of sp³-hybridized carbons (Fsp3) is 0.429. The molecule has 0 fully saturated rings. The SMILES string of the molecule is O=C(Cc1cnccn1)N1CCn2nc([C@H](O)CO)cc2C1. The van der Waals surface area contributed by atoms with Crippen LogP contribution in [0, 0.1) is 0 Å². The van der Waals surface area contributed by atoms with E-state index < -0.39 is 6.10 Å². The number of aromatic nitrogens is 4. The molecule has 8 heteroatoms. The fourth-order valence-corrected chi connectivity index (χ4v) is 2.45. The van der Waals surface area contributed by atoms with Crippen molar-refractivity contribution in [3.8, 4) is 0 Å². The second-order valence-electron chi connectivity index (χ2n) is 5.17. The summed E-state index contributed by atoms with van der Waals surface area (Å²) < 4.78 is 1.76. The number of nitrogens with zero attached hydrogens (tertiary/aromatic N) is 5. The summed E-state index contributed by atoms with van der Waals surface area (Å²) in [6, 6.07) is 1.72. The van der Waals surface area contributed by atoms with Crippen LogP contribution >= 0.6 is 0 Å². The standard InChI is InChI=1S/C14H17N5O3/c20-9-13(21)12-6-11-8-18(3-4-19(11)17-12)14(22)5-10-7-15-1-2-16-10/h1-2,6-7,13,20-21H,3-5,8-9H2/t13-/m1/s1. The second-order valence-corrected chi connectivity index (χ2v) is 5.17. The summed E-state index contributed by atoms with van der Waals surface area (Å²) >= 11 is 0. The van der Waals surface area contributed by atoms with Gasteiger partial charge in [-0.25, -0.2) is 0 Å². The summed E-state index contributed by atoms with van der Waals surface area (Å²) in [6.07, 6.45) is 3.95. The zero-order chi connectivity index (χ0) is 15.5. The van der Waals surface area contributed by atoms with Crippen molar-refractivity contribution in [1.29, 1.82) is 0 Å². The lowest BCUT2D eigenvalue weighted by molar-refractivity contribution is -0.132. The van der Waals surface area contributed by atoms with Crippen molar-refractivity contribution >= 4 is 5.91 Å². The number of hydrogen-bond acceptors (Lipinski definition) is 6. The summed E-state index contributed by atoms with van der Waals surface area (Å²) in [5, 5.41) is 22.8. The van der Waals surface area contributed by atoms with Gasteiger partial charge < -0.3 is 15.1 Å². The number of fused-ring (bicyclic) bond motifs is 1. The van der Waals surface area contributed by atoms with Gasteiger partial charge in [-0.05, 0) is 6.07 Å². The van der Waals surface area contributed by atoms with E-state index in [2.05, 4.69) is 15.1 Å². The Morgan fingerprint density at radius 3 is 2.95 bits per heavy atom. The third kappa shape index (κ3) is 2.97. The Morgan fingerprint density at radius 1 is 1.36 bits per heavy atom. The summed E-state index contributed by atoms with van der Waals surface area (Å²) in [6.45, 7) is 1.19. The van der Waals surface area contributed by atoms with Gasteiger partial charge in [0, 0.05) is 25.1 Å². The van der Waals surface area contributed by atoms with Crippen LogP contribution < -0.4 is 0 Å². The molecule has 0 bridgehead atoms. The minimum Gasteiger partial charge on any atom is -0.393 e. The van der Waals surface area contributed by atoms with Crippen LogP contribution in [-0.2, 0) is 24.3 Å². The van der Waals surface area contributed by atoms with Gasteiger partial charge in [-0.2, -0.15) is 5.10 Å². The molecular weight excluding hydrogens is 286 g/mol. The predicted octanol–water partition coefficient (Wildman–Crippen LogP) is -0.716. The number of aliphatic hydroxyl groups excluding tert-OH is 2. The Labute approximate surface area is 127 Å². The Kier molecular flexibility index (Phi) is 4.12. The lowest BCUT2D eigenvalue weighted by Gasteiger charge is -2.27. The molecule has 2 aromatic rings. The maximum absolute atomic E-state index is 12.3. The first-order valence-corrected chi connectivity index (χ1v) is 7.05. The quantitative estimate of drug-likeness (QED) is 0.773. The van der Waals surface area contributed by atoms with Gasteiger partial charge in [-0.15, -0.1) is 0 Å². The van der Waals surface area contributed by atoms with Crippen molar-refractivity contribution in [2.24, 2.45) is 0 Å². The third-order valence-corrected chi connectivity index (χ3v) is 3.63. The van der Waals surface area contributed by atoms with Crippen LogP contribution in [-0.4, -0.2) is 53.9 Å². The molecule has 0 saturated heterocycles. The number of rotatable bonds is 4. The van der Waals surface area contributed by atoms with Crippen molar-refractivity contribution in [3.05, 3.63) is 41.7 Å². The summed E-state index contributed by atoms with van der Waals surface area (Å²) in [4.78, 5) is 22.1. The number of carbonyl (C=O) groups excluding carboxylic acids is 1. The highest BCUT2D eigenvalue weighted by Gasteiger charge is 2.24. The molecule has 22 heavy (non-hydrogen) atoms. The zero-order valence-electron chi connectivity index (χ0n) is 12.0. The Balaban J connectivity index is 1.68. The average Bonchev–Trinajstić information content (AvgIpc) is 2.98. The van der Waals surface area contributed by atoms with E-state index in [0.29, 0.717) is 31.0 Å². The van der Waals surface area contributed by atoms with E-state index >= 15 is 0 Å². The first-order valence-electron chi connectivity index (χ1n) is 7.05. The molecule has 3 heterocycles. The lowest BCUT2D eigenvalue weighted by Crippen LogP contribution is -2.39. The highest BCUT2D eigenvalue weighted by atomic mass is 16.3. The normalized spacial score (nSPS) is 15.5. The van der Waals surface area contributed by atoms with Gasteiger partial charge in [0.25, 0.3) is 0 Å². The third-order valence-electron chi connectivity index (χ3n) is 3.63. The van der Waals surface area contributed by atoms with Gasteiger partial charge in [0.1, 0.15) is 6.10 Å². The molecule has 0 aliphatic carbocycles. The number of aliphatic hydroxyl groups is 2. The Bertz CT molecular complexity index is 658. The van der Waals surface area contributed by atoms with E-state index in [0.717, 1.165) is 5.69 Å². The molecule has 0 radical (unpaired) electrons. The number of amides is 1. The molecule has 1 aliphatic rings. The zero-order valence-corrected chi connectivity index (χ0v) is 12.0.